The number of piperidine rings is 1. The molecule has 1 saturated heterocycles. The quantitative estimate of drug-likeness (QED) is 0.200. The van der Waals surface area contributed by atoms with Crippen LogP contribution in [-0.2, 0) is 19.3 Å². The molecule has 42 heavy (non-hydrogen) atoms. The average molecular weight is 599 g/mol. The molecule has 3 aromatic carbocycles. The molecule has 6 nitrogen and oxygen atoms in total. The van der Waals surface area contributed by atoms with Crippen molar-refractivity contribution in [3.8, 4) is 11.5 Å². The van der Waals surface area contributed by atoms with Gasteiger partial charge in [-0.05, 0) is 53.8 Å². The van der Waals surface area contributed by atoms with Crippen molar-refractivity contribution in [2.45, 2.75) is 19.3 Å². The van der Waals surface area contributed by atoms with E-state index in [0.717, 1.165) is 43.3 Å². The number of carbonyl (C=O) groups is 1. The lowest BCUT2D eigenvalue weighted by Crippen LogP contribution is -2.24. The van der Waals surface area contributed by atoms with Crippen molar-refractivity contribution in [1.82, 2.24) is 9.88 Å². The summed E-state index contributed by atoms with van der Waals surface area (Å²) in [5.74, 6) is 1.11. The Morgan fingerprint density at radius 2 is 1.67 bits per heavy atom. The molecule has 1 aliphatic carbocycles. The monoisotopic (exact) mass is 598 g/mol. The predicted octanol–water partition coefficient (Wildman–Crippen LogP) is 7.73. The maximum Gasteiger partial charge on any atom is 0.419 e. The zero-order valence-corrected chi connectivity index (χ0v) is 23.2. The maximum atomic E-state index is 13.4. The van der Waals surface area contributed by atoms with Gasteiger partial charge in [-0.1, -0.05) is 47.9 Å². The Bertz CT molecular complexity index is 1460. The number of para-hydroxylation sites is 1. The first-order valence-electron chi connectivity index (χ1n) is 13.3. The van der Waals surface area contributed by atoms with Gasteiger partial charge in [0.15, 0.2) is 5.69 Å². The molecular formula is C31H28F4N3O3S-. The Hall–Kier alpha value is -3.80. The van der Waals surface area contributed by atoms with E-state index in [0.29, 0.717) is 29.9 Å². The number of benzene rings is 3. The molecule has 11 heteroatoms. The molecule has 0 amide bonds. The highest BCUT2D eigenvalue weighted by Crippen LogP contribution is 2.52. The van der Waals surface area contributed by atoms with Gasteiger partial charge >= 0.3 is 12.1 Å². The summed E-state index contributed by atoms with van der Waals surface area (Å²) < 4.78 is 57.9. The molecule has 0 radical (unpaired) electrons. The lowest BCUT2D eigenvalue weighted by Gasteiger charge is -2.24. The summed E-state index contributed by atoms with van der Waals surface area (Å²) in [6.07, 6.45) is -4.69. The van der Waals surface area contributed by atoms with E-state index in [9.17, 15) is 22.4 Å². The Balaban J connectivity index is 0.000000382. The number of carboxylic acid groups (broad SMARTS) is 1. The van der Waals surface area contributed by atoms with E-state index >= 15 is 0 Å². The van der Waals surface area contributed by atoms with E-state index in [-0.39, 0.29) is 12.2 Å². The molecule has 2 aliphatic rings. The van der Waals surface area contributed by atoms with Crippen LogP contribution in [0.2, 0.25) is 0 Å². The highest BCUT2D eigenvalue weighted by atomic mass is 32.1. The number of aromatic nitrogens is 1. The topological polar surface area (TPSA) is 76.8 Å². The fourth-order valence-electron chi connectivity index (χ4n) is 5.23. The Morgan fingerprint density at radius 1 is 1.00 bits per heavy atom. The fourth-order valence-corrected chi connectivity index (χ4v) is 5.76. The largest absolute Gasteiger partial charge is 0.658 e. The van der Waals surface area contributed by atoms with Crippen molar-refractivity contribution in [2.24, 2.45) is 17.8 Å². The minimum atomic E-state index is -4.69. The Morgan fingerprint density at radius 3 is 2.26 bits per heavy atom. The van der Waals surface area contributed by atoms with Crippen LogP contribution in [0.25, 0.3) is 5.32 Å². The normalized spacial score (nSPS) is 19.5. The number of nitrogens with zero attached hydrogens (tertiary/aromatic N) is 3. The van der Waals surface area contributed by atoms with Gasteiger partial charge in [0.2, 0.25) is 0 Å². The van der Waals surface area contributed by atoms with Gasteiger partial charge in [-0.25, -0.2) is 14.2 Å². The molecule has 220 valence electrons. The van der Waals surface area contributed by atoms with E-state index < -0.39 is 23.5 Å². The Labute approximate surface area is 244 Å². The minimum absolute atomic E-state index is 0.120. The molecular weight excluding hydrogens is 570 g/mol. The molecule has 0 bridgehead atoms. The molecule has 2 unspecified atom stereocenters. The molecule has 1 N–H and O–H groups in total. The molecule has 2 atom stereocenters. The summed E-state index contributed by atoms with van der Waals surface area (Å²) in [5.41, 5.74) is 2.01. The van der Waals surface area contributed by atoms with E-state index in [1.165, 1.54) is 33.9 Å². The third-order valence-electron chi connectivity index (χ3n) is 7.38. The SMILES string of the molecule is Fc1ccc(C[N-]CC2C3CN(Cc4ccc(Oc5ccccc5)cc4)CC23)cc1C(F)(F)F.O=C(O)c1cscn1. The second-order valence-corrected chi connectivity index (χ2v) is 11.0. The van der Waals surface area contributed by atoms with Gasteiger partial charge in [-0.2, -0.15) is 13.2 Å². The summed E-state index contributed by atoms with van der Waals surface area (Å²) in [7, 11) is 0. The van der Waals surface area contributed by atoms with E-state index in [4.69, 9.17) is 9.84 Å². The van der Waals surface area contributed by atoms with Crippen LogP contribution in [-0.4, -0.2) is 40.6 Å². The molecule has 2 heterocycles. The summed E-state index contributed by atoms with van der Waals surface area (Å²) in [4.78, 5) is 16.0. The highest BCUT2D eigenvalue weighted by molar-refractivity contribution is 7.07. The van der Waals surface area contributed by atoms with Gasteiger partial charge < -0.3 is 15.2 Å². The molecule has 6 rings (SSSR count). The van der Waals surface area contributed by atoms with Crippen LogP contribution in [0.4, 0.5) is 17.6 Å². The summed E-state index contributed by atoms with van der Waals surface area (Å²) in [6.45, 7) is 3.75. The third kappa shape index (κ3) is 7.72. The van der Waals surface area contributed by atoms with Gasteiger partial charge in [0.05, 0.1) is 11.1 Å². The highest BCUT2D eigenvalue weighted by Gasteiger charge is 2.52. The van der Waals surface area contributed by atoms with Gasteiger partial charge in [0.1, 0.15) is 17.3 Å². The van der Waals surface area contributed by atoms with Crippen molar-refractivity contribution in [3.63, 3.8) is 0 Å². The van der Waals surface area contributed by atoms with Crippen LogP contribution in [0.5, 0.6) is 11.5 Å². The smallest absolute Gasteiger partial charge is 0.419 e. The predicted molar refractivity (Wildman–Crippen MR) is 151 cm³/mol. The van der Waals surface area contributed by atoms with Crippen LogP contribution in [0.3, 0.4) is 0 Å². The number of halogens is 4. The standard InChI is InChI=1S/C27H25F4N2O.C4H3NO2S/c28-26-11-8-19(12-25(26)27(29,30)31)13-32-14-22-23-16-33(17-24(22)23)15-18-6-9-21(10-7-18)34-20-4-2-1-3-5-20;6-4(7)3-1-8-2-5-3/h1-12,22-24H,13-17H2;1-2H,(H,6,7)/q-1;. The number of ether oxygens (including phenoxy) is 1. The van der Waals surface area contributed by atoms with Crippen LogP contribution < -0.4 is 4.74 Å². The van der Waals surface area contributed by atoms with Crippen LogP contribution >= 0.6 is 11.3 Å². The van der Waals surface area contributed by atoms with Crippen molar-refractivity contribution < 1.29 is 32.2 Å². The number of fused-ring (bicyclic) bond motifs is 1. The number of alkyl halides is 3. The van der Waals surface area contributed by atoms with Crippen LogP contribution in [0.1, 0.15) is 27.2 Å². The number of hydrogen-bond donors (Lipinski definition) is 1. The molecule has 1 aromatic heterocycles. The van der Waals surface area contributed by atoms with E-state index in [1.807, 2.05) is 42.5 Å². The second-order valence-electron chi connectivity index (χ2n) is 10.3. The Kier molecular flexibility index (Phi) is 9.20. The van der Waals surface area contributed by atoms with Gasteiger partial charge in [-0.3, -0.25) is 4.90 Å². The molecule has 1 aliphatic heterocycles. The lowest BCUT2D eigenvalue weighted by molar-refractivity contribution is -0.140. The first kappa shape index (κ1) is 29.7. The summed E-state index contributed by atoms with van der Waals surface area (Å²) >= 11 is 1.28. The first-order chi connectivity index (χ1) is 20.2. The molecule has 4 aromatic rings. The van der Waals surface area contributed by atoms with Crippen LogP contribution in [0, 0.1) is 23.6 Å². The molecule has 2 fully saturated rings. The number of hydrogen-bond acceptors (Lipinski definition) is 5. The number of aromatic carboxylic acids is 1. The number of carboxylic acids is 1. The molecule has 0 spiro atoms. The van der Waals surface area contributed by atoms with Gasteiger partial charge in [0, 0.05) is 25.0 Å². The first-order valence-corrected chi connectivity index (χ1v) is 14.3. The summed E-state index contributed by atoms with van der Waals surface area (Å²) in [6, 6.07) is 20.9. The third-order valence-corrected chi connectivity index (χ3v) is 7.96. The number of likely N-dealkylation sites (tertiary alicyclic amines) is 1. The fraction of sp³-hybridized carbons (Fsp3) is 0.290. The lowest BCUT2D eigenvalue weighted by atomic mass is 10.1. The number of rotatable bonds is 9. The average Bonchev–Trinajstić information content (AvgIpc) is 3.34. The van der Waals surface area contributed by atoms with Crippen molar-refractivity contribution >= 4 is 17.3 Å². The second kappa shape index (κ2) is 13.0. The van der Waals surface area contributed by atoms with Crippen molar-refractivity contribution in [1.29, 1.82) is 0 Å². The van der Waals surface area contributed by atoms with E-state index in [1.54, 1.807) is 0 Å². The minimum Gasteiger partial charge on any atom is -0.658 e. The van der Waals surface area contributed by atoms with Gasteiger partial charge in [0.25, 0.3) is 0 Å². The van der Waals surface area contributed by atoms with Crippen molar-refractivity contribution in [2.75, 3.05) is 19.6 Å². The molecule has 1 saturated carbocycles. The van der Waals surface area contributed by atoms with Gasteiger partial charge in [-0.15, -0.1) is 24.4 Å². The van der Waals surface area contributed by atoms with Crippen LogP contribution in [0.15, 0.2) is 83.7 Å². The maximum absolute atomic E-state index is 13.4. The zero-order chi connectivity index (χ0) is 29.7. The summed E-state index contributed by atoms with van der Waals surface area (Å²) in [5, 5.41) is 14.2. The van der Waals surface area contributed by atoms with E-state index in [2.05, 4.69) is 27.3 Å². The zero-order valence-electron chi connectivity index (χ0n) is 22.4. The number of thiazole rings is 1. The van der Waals surface area contributed by atoms with Crippen molar-refractivity contribution in [3.05, 3.63) is 117 Å².